The van der Waals surface area contributed by atoms with E-state index in [-0.39, 0.29) is 0 Å². The topological polar surface area (TPSA) is 0 Å². The molecule has 0 saturated heterocycles. The minimum absolute atomic E-state index is 1.19. The van der Waals surface area contributed by atoms with Crippen LogP contribution in [0, 0.1) is 0 Å². The van der Waals surface area contributed by atoms with Crippen LogP contribution >= 0.6 is 0 Å². The minimum atomic E-state index is 1.19. The van der Waals surface area contributed by atoms with Crippen LogP contribution in [0.25, 0.3) is 0 Å². The molecule has 0 aromatic rings. The van der Waals surface area contributed by atoms with Gasteiger partial charge in [0.25, 0.3) is 0 Å². The smallest absolute Gasteiger partial charge is 0.0276 e. The molecule has 0 heteroatoms. The second-order valence-electron chi connectivity index (χ2n) is 3.68. The SMILES string of the molecule is CCC1=C(/C=C(/C)CC)CCC1. The molecule has 1 aliphatic rings. The van der Waals surface area contributed by atoms with Crippen molar-refractivity contribution < 1.29 is 0 Å². The third-order valence-electron chi connectivity index (χ3n) is 2.78. The third kappa shape index (κ3) is 2.23. The quantitative estimate of drug-likeness (QED) is 0.585. The van der Waals surface area contributed by atoms with Gasteiger partial charge >= 0.3 is 0 Å². The summed E-state index contributed by atoms with van der Waals surface area (Å²) >= 11 is 0. The van der Waals surface area contributed by atoms with Crippen LogP contribution in [0.2, 0.25) is 0 Å². The first kappa shape index (κ1) is 9.57. The predicted octanol–water partition coefficient (Wildman–Crippen LogP) is 4.23. The molecule has 0 fully saturated rings. The number of hydrogen-bond acceptors (Lipinski definition) is 0. The fraction of sp³-hybridized carbons (Fsp3) is 0.667. The van der Waals surface area contributed by atoms with Crippen molar-refractivity contribution in [1.82, 2.24) is 0 Å². The molecular formula is C12H20. The van der Waals surface area contributed by atoms with Crippen LogP contribution < -0.4 is 0 Å². The van der Waals surface area contributed by atoms with Gasteiger partial charge in [0.15, 0.2) is 0 Å². The molecule has 1 rings (SSSR count). The lowest BCUT2D eigenvalue weighted by atomic mass is 10.1. The van der Waals surface area contributed by atoms with E-state index in [1.165, 1.54) is 37.7 Å². The lowest BCUT2D eigenvalue weighted by Crippen LogP contribution is -1.80. The average molecular weight is 164 g/mol. The fourth-order valence-corrected chi connectivity index (χ4v) is 1.81. The van der Waals surface area contributed by atoms with E-state index in [9.17, 15) is 0 Å². The summed E-state index contributed by atoms with van der Waals surface area (Å²) in [6.07, 6.45) is 8.90. The van der Waals surface area contributed by atoms with E-state index >= 15 is 0 Å². The van der Waals surface area contributed by atoms with Crippen molar-refractivity contribution in [2.75, 3.05) is 0 Å². The van der Waals surface area contributed by atoms with Crippen LogP contribution in [0.15, 0.2) is 22.8 Å². The van der Waals surface area contributed by atoms with Gasteiger partial charge in [0.05, 0.1) is 0 Å². The van der Waals surface area contributed by atoms with E-state index in [1.54, 1.807) is 11.1 Å². The molecule has 0 aromatic carbocycles. The van der Waals surface area contributed by atoms with E-state index in [2.05, 4.69) is 26.8 Å². The molecule has 0 atom stereocenters. The lowest BCUT2D eigenvalue weighted by Gasteiger charge is -2.01. The van der Waals surface area contributed by atoms with Crippen LogP contribution in [0.1, 0.15) is 52.9 Å². The van der Waals surface area contributed by atoms with Crippen LogP contribution in [0.4, 0.5) is 0 Å². The zero-order chi connectivity index (χ0) is 8.97. The van der Waals surface area contributed by atoms with Crippen LogP contribution in [0.5, 0.6) is 0 Å². The summed E-state index contributed by atoms with van der Waals surface area (Å²) in [5, 5.41) is 0. The Morgan fingerprint density at radius 2 is 2.08 bits per heavy atom. The molecule has 0 nitrogen and oxygen atoms in total. The molecule has 0 unspecified atom stereocenters. The highest BCUT2D eigenvalue weighted by molar-refractivity contribution is 5.31. The molecule has 12 heavy (non-hydrogen) atoms. The average Bonchev–Trinajstić information content (AvgIpc) is 2.51. The third-order valence-corrected chi connectivity index (χ3v) is 2.78. The highest BCUT2D eigenvalue weighted by Crippen LogP contribution is 2.29. The van der Waals surface area contributed by atoms with Crippen LogP contribution in [-0.2, 0) is 0 Å². The van der Waals surface area contributed by atoms with Gasteiger partial charge in [0, 0.05) is 0 Å². The molecule has 68 valence electrons. The summed E-state index contributed by atoms with van der Waals surface area (Å²) in [4.78, 5) is 0. The second kappa shape index (κ2) is 4.49. The maximum Gasteiger partial charge on any atom is -0.0276 e. The molecule has 0 heterocycles. The first-order chi connectivity index (χ1) is 5.77. The lowest BCUT2D eigenvalue weighted by molar-refractivity contribution is 0.876. The summed E-state index contributed by atoms with van der Waals surface area (Å²) < 4.78 is 0. The molecule has 0 radical (unpaired) electrons. The fourth-order valence-electron chi connectivity index (χ4n) is 1.81. The Bertz CT molecular complexity index is 206. The van der Waals surface area contributed by atoms with Gasteiger partial charge in [0.2, 0.25) is 0 Å². The summed E-state index contributed by atoms with van der Waals surface area (Å²) in [5.74, 6) is 0. The van der Waals surface area contributed by atoms with Gasteiger partial charge in [-0.3, -0.25) is 0 Å². The van der Waals surface area contributed by atoms with E-state index < -0.39 is 0 Å². The molecule has 0 N–H and O–H groups in total. The molecule has 0 aromatic heterocycles. The molecular weight excluding hydrogens is 144 g/mol. The number of rotatable bonds is 3. The van der Waals surface area contributed by atoms with Crippen molar-refractivity contribution in [2.24, 2.45) is 0 Å². The van der Waals surface area contributed by atoms with Gasteiger partial charge < -0.3 is 0 Å². The number of hydrogen-bond donors (Lipinski definition) is 0. The maximum absolute atomic E-state index is 2.41. The molecule has 0 bridgehead atoms. The molecule has 0 amide bonds. The van der Waals surface area contributed by atoms with Crippen molar-refractivity contribution >= 4 is 0 Å². The first-order valence-corrected chi connectivity index (χ1v) is 5.16. The monoisotopic (exact) mass is 164 g/mol. The van der Waals surface area contributed by atoms with E-state index in [4.69, 9.17) is 0 Å². The summed E-state index contributed by atoms with van der Waals surface area (Å²) in [6, 6.07) is 0. The standard InChI is InChI=1S/C12H20/c1-4-10(3)9-12-8-6-7-11(12)5-2/h9H,4-8H2,1-3H3/b10-9-. The zero-order valence-corrected chi connectivity index (χ0v) is 8.61. The van der Waals surface area contributed by atoms with Gasteiger partial charge in [-0.25, -0.2) is 0 Å². The van der Waals surface area contributed by atoms with Gasteiger partial charge in [-0.05, 0) is 44.6 Å². The zero-order valence-electron chi connectivity index (χ0n) is 8.61. The summed E-state index contributed by atoms with van der Waals surface area (Å²) in [6.45, 7) is 6.74. The highest BCUT2D eigenvalue weighted by Gasteiger charge is 2.10. The minimum Gasteiger partial charge on any atom is -0.0733 e. The molecule has 0 aliphatic heterocycles. The Morgan fingerprint density at radius 1 is 1.33 bits per heavy atom. The highest BCUT2D eigenvalue weighted by atomic mass is 14.2. The van der Waals surface area contributed by atoms with Crippen LogP contribution in [-0.4, -0.2) is 0 Å². The van der Waals surface area contributed by atoms with Gasteiger partial charge in [-0.1, -0.05) is 31.1 Å². The van der Waals surface area contributed by atoms with Gasteiger partial charge in [0.1, 0.15) is 0 Å². The Hall–Kier alpha value is -0.520. The Morgan fingerprint density at radius 3 is 2.67 bits per heavy atom. The van der Waals surface area contributed by atoms with Crippen molar-refractivity contribution in [3.63, 3.8) is 0 Å². The second-order valence-corrected chi connectivity index (χ2v) is 3.68. The normalized spacial score (nSPS) is 19.1. The molecule has 0 saturated carbocycles. The Kier molecular flexibility index (Phi) is 3.58. The predicted molar refractivity (Wildman–Crippen MR) is 55.2 cm³/mol. The van der Waals surface area contributed by atoms with Crippen molar-refractivity contribution in [3.05, 3.63) is 22.8 Å². The molecule has 0 spiro atoms. The summed E-state index contributed by atoms with van der Waals surface area (Å²) in [5.41, 5.74) is 4.86. The first-order valence-electron chi connectivity index (χ1n) is 5.16. The van der Waals surface area contributed by atoms with Crippen molar-refractivity contribution in [3.8, 4) is 0 Å². The van der Waals surface area contributed by atoms with Crippen LogP contribution in [0.3, 0.4) is 0 Å². The Balaban J connectivity index is 2.72. The summed E-state index contributed by atoms with van der Waals surface area (Å²) in [7, 11) is 0. The Labute approximate surface area is 76.4 Å². The molecule has 1 aliphatic carbocycles. The largest absolute Gasteiger partial charge is 0.0733 e. The van der Waals surface area contributed by atoms with E-state index in [0.29, 0.717) is 0 Å². The van der Waals surface area contributed by atoms with Gasteiger partial charge in [-0.15, -0.1) is 0 Å². The van der Waals surface area contributed by atoms with Crippen molar-refractivity contribution in [1.29, 1.82) is 0 Å². The van der Waals surface area contributed by atoms with Crippen molar-refractivity contribution in [2.45, 2.75) is 52.9 Å². The van der Waals surface area contributed by atoms with E-state index in [0.717, 1.165) is 0 Å². The number of allylic oxidation sites excluding steroid dienone is 4. The van der Waals surface area contributed by atoms with E-state index in [1.807, 2.05) is 0 Å². The maximum atomic E-state index is 2.41. The van der Waals surface area contributed by atoms with Gasteiger partial charge in [-0.2, -0.15) is 0 Å².